The summed E-state index contributed by atoms with van der Waals surface area (Å²) < 4.78 is 6.36. The number of halogens is 1. The molecule has 3 aromatic rings. The van der Waals surface area contributed by atoms with E-state index in [0.29, 0.717) is 0 Å². The number of fused-ring (bicyclic) bond motifs is 2. The van der Waals surface area contributed by atoms with Crippen molar-refractivity contribution in [2.24, 2.45) is 0 Å². The molecule has 0 aliphatic carbocycles. The molecule has 0 saturated heterocycles. The highest BCUT2D eigenvalue weighted by molar-refractivity contribution is 14.1. The van der Waals surface area contributed by atoms with Crippen molar-refractivity contribution in [2.45, 2.75) is 0 Å². The first kappa shape index (κ1) is 8.23. The number of rotatable bonds is 0. The number of aromatic nitrogens is 1. The lowest BCUT2D eigenvalue weighted by Crippen LogP contribution is -1.78. The molecule has 0 atom stereocenters. The first-order valence-electron chi connectivity index (χ1n) is 4.28. The Labute approximate surface area is 94.0 Å². The van der Waals surface area contributed by atoms with Gasteiger partial charge in [-0.05, 0) is 39.4 Å². The summed E-state index contributed by atoms with van der Waals surface area (Å²) >= 11 is 2.33. The zero-order chi connectivity index (χ0) is 9.54. The third kappa shape index (κ3) is 1.05. The Kier molecular flexibility index (Phi) is 1.73. The van der Waals surface area contributed by atoms with Gasteiger partial charge in [-0.15, -0.1) is 0 Å². The van der Waals surface area contributed by atoms with Gasteiger partial charge in [0.25, 0.3) is 0 Å². The second-order valence-electron chi connectivity index (χ2n) is 3.15. The fourth-order valence-electron chi connectivity index (χ4n) is 1.63. The molecule has 0 fully saturated rings. The van der Waals surface area contributed by atoms with E-state index in [1.807, 2.05) is 18.2 Å². The molecule has 0 unspecified atom stereocenters. The van der Waals surface area contributed by atoms with Gasteiger partial charge in [-0.3, -0.25) is 0 Å². The summed E-state index contributed by atoms with van der Waals surface area (Å²) in [5.41, 5.74) is 0.855. The van der Waals surface area contributed by atoms with E-state index in [4.69, 9.17) is 4.52 Å². The Morgan fingerprint density at radius 1 is 1.14 bits per heavy atom. The van der Waals surface area contributed by atoms with E-state index in [1.54, 1.807) is 6.20 Å². The molecule has 0 saturated carbocycles. The van der Waals surface area contributed by atoms with Crippen LogP contribution in [0.4, 0.5) is 0 Å². The van der Waals surface area contributed by atoms with Gasteiger partial charge in [-0.25, -0.2) is 0 Å². The van der Waals surface area contributed by atoms with Crippen LogP contribution in [0.2, 0.25) is 0 Å². The standard InChI is InChI=1S/C11H6INO/c12-11-8-4-2-1-3-7(8)5-10-9(11)6-13-14-10/h1-6H. The molecule has 3 rings (SSSR count). The molecule has 1 aromatic heterocycles. The van der Waals surface area contributed by atoms with E-state index in [9.17, 15) is 0 Å². The monoisotopic (exact) mass is 295 g/mol. The molecule has 2 nitrogen and oxygen atoms in total. The molecule has 68 valence electrons. The van der Waals surface area contributed by atoms with E-state index in [-0.39, 0.29) is 0 Å². The van der Waals surface area contributed by atoms with Gasteiger partial charge in [0.15, 0.2) is 5.58 Å². The van der Waals surface area contributed by atoms with Crippen molar-refractivity contribution in [3.63, 3.8) is 0 Å². The minimum atomic E-state index is 0.855. The highest BCUT2D eigenvalue weighted by Crippen LogP contribution is 2.29. The fraction of sp³-hybridized carbons (Fsp3) is 0. The molecule has 0 radical (unpaired) electrons. The van der Waals surface area contributed by atoms with Crippen molar-refractivity contribution in [1.29, 1.82) is 0 Å². The first-order chi connectivity index (χ1) is 6.86. The van der Waals surface area contributed by atoms with E-state index in [1.165, 1.54) is 14.3 Å². The van der Waals surface area contributed by atoms with E-state index in [2.05, 4.69) is 39.9 Å². The molecule has 0 N–H and O–H groups in total. The van der Waals surface area contributed by atoms with Crippen LogP contribution in [0, 0.1) is 3.57 Å². The van der Waals surface area contributed by atoms with Gasteiger partial charge in [0, 0.05) is 3.57 Å². The molecule has 3 heteroatoms. The predicted octanol–water partition coefficient (Wildman–Crippen LogP) is 3.59. The first-order valence-corrected chi connectivity index (χ1v) is 5.36. The lowest BCUT2D eigenvalue weighted by atomic mass is 10.1. The van der Waals surface area contributed by atoms with Crippen LogP contribution in [0.25, 0.3) is 21.7 Å². The van der Waals surface area contributed by atoms with Crippen molar-refractivity contribution in [3.8, 4) is 0 Å². The Balaban J connectivity index is 2.63. The summed E-state index contributed by atoms with van der Waals surface area (Å²) in [6.45, 7) is 0. The zero-order valence-electron chi connectivity index (χ0n) is 7.20. The summed E-state index contributed by atoms with van der Waals surface area (Å²) in [6.07, 6.45) is 1.77. The van der Waals surface area contributed by atoms with Gasteiger partial charge in [-0.2, -0.15) is 0 Å². The van der Waals surface area contributed by atoms with Gasteiger partial charge in [0.2, 0.25) is 0 Å². The molecule has 2 aromatic carbocycles. The number of nitrogens with zero attached hydrogens (tertiary/aromatic N) is 1. The Morgan fingerprint density at radius 2 is 2.00 bits per heavy atom. The molecule has 0 aliphatic heterocycles. The second-order valence-corrected chi connectivity index (χ2v) is 4.23. The third-order valence-electron chi connectivity index (χ3n) is 2.32. The molecule has 0 amide bonds. The molecule has 14 heavy (non-hydrogen) atoms. The summed E-state index contributed by atoms with van der Waals surface area (Å²) in [5, 5.41) is 7.34. The summed E-state index contributed by atoms with van der Waals surface area (Å²) in [4.78, 5) is 0. The molecule has 0 aliphatic rings. The van der Waals surface area contributed by atoms with Crippen molar-refractivity contribution < 1.29 is 4.52 Å². The minimum Gasteiger partial charge on any atom is -0.356 e. The molecule has 0 bridgehead atoms. The molecular weight excluding hydrogens is 289 g/mol. The second kappa shape index (κ2) is 2.95. The molecule has 0 spiro atoms. The van der Waals surface area contributed by atoms with Gasteiger partial charge >= 0.3 is 0 Å². The van der Waals surface area contributed by atoms with Crippen LogP contribution in [-0.2, 0) is 0 Å². The maximum absolute atomic E-state index is 5.15. The summed E-state index contributed by atoms with van der Waals surface area (Å²) in [7, 11) is 0. The van der Waals surface area contributed by atoms with Crippen molar-refractivity contribution in [1.82, 2.24) is 5.16 Å². The lowest BCUT2D eigenvalue weighted by Gasteiger charge is -1.99. The van der Waals surface area contributed by atoms with Gasteiger partial charge in [-0.1, -0.05) is 29.4 Å². The van der Waals surface area contributed by atoms with Crippen LogP contribution in [-0.4, -0.2) is 5.16 Å². The third-order valence-corrected chi connectivity index (χ3v) is 3.48. The average molecular weight is 295 g/mol. The van der Waals surface area contributed by atoms with Gasteiger partial charge in [0.1, 0.15) is 0 Å². The largest absolute Gasteiger partial charge is 0.356 e. The quantitative estimate of drug-likeness (QED) is 0.592. The SMILES string of the molecule is Ic1c2ccccc2cc2oncc12. The molecular formula is C11H6INO. The Morgan fingerprint density at radius 3 is 2.93 bits per heavy atom. The smallest absolute Gasteiger partial charge is 0.168 e. The average Bonchev–Trinajstić information content (AvgIpc) is 2.66. The number of benzene rings is 2. The summed E-state index contributed by atoms with van der Waals surface area (Å²) in [6, 6.07) is 10.3. The number of hydrogen-bond donors (Lipinski definition) is 0. The van der Waals surface area contributed by atoms with Crippen LogP contribution in [0.3, 0.4) is 0 Å². The van der Waals surface area contributed by atoms with Gasteiger partial charge in [0.05, 0.1) is 11.6 Å². The van der Waals surface area contributed by atoms with Gasteiger partial charge < -0.3 is 4.52 Å². The van der Waals surface area contributed by atoms with E-state index >= 15 is 0 Å². The highest BCUT2D eigenvalue weighted by atomic mass is 127. The Hall–Kier alpha value is -1.10. The lowest BCUT2D eigenvalue weighted by molar-refractivity contribution is 0.456. The Bertz CT molecular complexity index is 615. The minimum absolute atomic E-state index is 0.855. The highest BCUT2D eigenvalue weighted by Gasteiger charge is 2.07. The predicted molar refractivity (Wildman–Crippen MR) is 64.2 cm³/mol. The maximum Gasteiger partial charge on any atom is 0.168 e. The zero-order valence-corrected chi connectivity index (χ0v) is 9.36. The van der Waals surface area contributed by atoms with Crippen LogP contribution in [0.1, 0.15) is 0 Å². The summed E-state index contributed by atoms with van der Waals surface area (Å²) in [5.74, 6) is 0. The normalized spacial score (nSPS) is 11.2. The topological polar surface area (TPSA) is 26.0 Å². The van der Waals surface area contributed by atoms with Crippen molar-refractivity contribution in [2.75, 3.05) is 0 Å². The molecule has 1 heterocycles. The maximum atomic E-state index is 5.15. The van der Waals surface area contributed by atoms with E-state index < -0.39 is 0 Å². The van der Waals surface area contributed by atoms with E-state index in [0.717, 1.165) is 11.0 Å². The van der Waals surface area contributed by atoms with Crippen molar-refractivity contribution >= 4 is 44.3 Å². The van der Waals surface area contributed by atoms with Crippen LogP contribution in [0.5, 0.6) is 0 Å². The fourth-order valence-corrected chi connectivity index (χ4v) is 2.52. The van der Waals surface area contributed by atoms with Crippen molar-refractivity contribution in [3.05, 3.63) is 40.1 Å². The van der Waals surface area contributed by atoms with Crippen LogP contribution < -0.4 is 0 Å². The van der Waals surface area contributed by atoms with Crippen LogP contribution in [0.15, 0.2) is 41.1 Å². The van der Waals surface area contributed by atoms with Crippen LogP contribution >= 0.6 is 22.6 Å². The number of hydrogen-bond acceptors (Lipinski definition) is 2.